The quantitative estimate of drug-likeness (QED) is 0.371. The van der Waals surface area contributed by atoms with Gasteiger partial charge in [-0.25, -0.2) is 9.97 Å². The molecule has 30 heavy (non-hydrogen) atoms. The molecule has 2 aromatic heterocycles. The second-order valence-corrected chi connectivity index (χ2v) is 6.71. The van der Waals surface area contributed by atoms with Crippen LogP contribution in [0.3, 0.4) is 0 Å². The zero-order valence-corrected chi connectivity index (χ0v) is 16.5. The molecule has 0 aliphatic carbocycles. The number of ether oxygens (including phenoxy) is 2. The van der Waals surface area contributed by atoms with Gasteiger partial charge in [0.1, 0.15) is 17.7 Å². The average Bonchev–Trinajstić information content (AvgIpc) is 3.05. The van der Waals surface area contributed by atoms with Gasteiger partial charge in [0.25, 0.3) is 0 Å². The molecule has 2 heterocycles. The monoisotopic (exact) mass is 401 g/mol. The van der Waals surface area contributed by atoms with Gasteiger partial charge in [0.05, 0.1) is 11.1 Å². The zero-order valence-electron chi connectivity index (χ0n) is 16.5. The highest BCUT2D eigenvalue weighted by atomic mass is 16.5. The van der Waals surface area contributed by atoms with Crippen LogP contribution in [0, 0.1) is 0 Å². The van der Waals surface area contributed by atoms with Crippen LogP contribution < -0.4 is 9.47 Å². The molecule has 0 spiro atoms. The van der Waals surface area contributed by atoms with Crippen molar-refractivity contribution in [3.8, 4) is 22.8 Å². The largest absolute Gasteiger partial charge is 0.426 e. The Labute approximate surface area is 172 Å². The van der Waals surface area contributed by atoms with E-state index < -0.39 is 11.9 Å². The Bertz CT molecular complexity index is 1230. The second kappa shape index (κ2) is 8.16. The summed E-state index contributed by atoms with van der Waals surface area (Å²) in [5, 5.41) is 0.572. The van der Waals surface area contributed by atoms with Crippen LogP contribution in [-0.2, 0) is 16.1 Å². The number of para-hydroxylation sites is 1. The predicted molar refractivity (Wildman–Crippen MR) is 111 cm³/mol. The summed E-state index contributed by atoms with van der Waals surface area (Å²) >= 11 is 0. The van der Waals surface area contributed by atoms with Crippen molar-refractivity contribution in [3.05, 3.63) is 72.7 Å². The van der Waals surface area contributed by atoms with Crippen LogP contribution in [0.2, 0.25) is 0 Å². The fourth-order valence-corrected chi connectivity index (χ4v) is 3.33. The minimum Gasteiger partial charge on any atom is -0.426 e. The number of benzene rings is 2. The first kappa shape index (κ1) is 19.3. The maximum Gasteiger partial charge on any atom is 0.308 e. The van der Waals surface area contributed by atoms with E-state index in [0.717, 1.165) is 5.56 Å². The Morgan fingerprint density at radius 2 is 1.53 bits per heavy atom. The number of carbonyl (C=O) groups excluding carboxylic acids is 2. The van der Waals surface area contributed by atoms with Crippen LogP contribution in [0.1, 0.15) is 19.4 Å². The van der Waals surface area contributed by atoms with Crippen molar-refractivity contribution in [1.82, 2.24) is 14.5 Å². The molecule has 7 heteroatoms. The molecule has 150 valence electrons. The fourth-order valence-electron chi connectivity index (χ4n) is 3.33. The van der Waals surface area contributed by atoms with Crippen LogP contribution >= 0.6 is 0 Å². The standard InChI is InChI=1S/C23H19N3O4/c1-15(27)29-19-11-7-6-10-18(19)22-21-20(30-16(2)28)13-26(23(21)25-14-24-22)12-17-8-4-3-5-9-17/h3-11,13-14H,12H2,1-2H3. The van der Waals surface area contributed by atoms with Crippen molar-refractivity contribution >= 4 is 23.0 Å². The highest BCUT2D eigenvalue weighted by molar-refractivity contribution is 5.99. The summed E-state index contributed by atoms with van der Waals surface area (Å²) in [5.74, 6) is -0.164. The number of esters is 2. The number of fused-ring (bicyclic) bond motifs is 1. The van der Waals surface area contributed by atoms with Crippen LogP contribution in [0.15, 0.2) is 67.1 Å². The number of aromatic nitrogens is 3. The van der Waals surface area contributed by atoms with Crippen molar-refractivity contribution in [2.45, 2.75) is 20.4 Å². The van der Waals surface area contributed by atoms with Crippen LogP contribution in [0.4, 0.5) is 0 Å². The fraction of sp³-hybridized carbons (Fsp3) is 0.130. The smallest absolute Gasteiger partial charge is 0.308 e. The van der Waals surface area contributed by atoms with Gasteiger partial charge >= 0.3 is 11.9 Å². The van der Waals surface area contributed by atoms with Crippen molar-refractivity contribution in [2.75, 3.05) is 0 Å². The Kier molecular flexibility index (Phi) is 5.26. The average molecular weight is 401 g/mol. The molecule has 0 amide bonds. The van der Waals surface area contributed by atoms with Crippen LogP contribution in [-0.4, -0.2) is 26.5 Å². The number of nitrogens with zero attached hydrogens (tertiary/aromatic N) is 3. The van der Waals surface area contributed by atoms with E-state index >= 15 is 0 Å². The molecule has 4 aromatic rings. The minimum atomic E-state index is -0.447. The maximum absolute atomic E-state index is 11.7. The molecule has 0 saturated carbocycles. The lowest BCUT2D eigenvalue weighted by molar-refractivity contribution is -0.132. The molecule has 0 fully saturated rings. The van der Waals surface area contributed by atoms with Gasteiger partial charge in [-0.2, -0.15) is 0 Å². The molecule has 2 aromatic carbocycles. The lowest BCUT2D eigenvalue weighted by atomic mass is 10.1. The number of hydrogen-bond donors (Lipinski definition) is 0. The molecular formula is C23H19N3O4. The minimum absolute atomic E-state index is 0.349. The topological polar surface area (TPSA) is 83.3 Å². The first-order chi connectivity index (χ1) is 14.5. The van der Waals surface area contributed by atoms with Gasteiger partial charge in [0.15, 0.2) is 5.75 Å². The number of hydrogen-bond acceptors (Lipinski definition) is 6. The highest BCUT2D eigenvalue weighted by Crippen LogP contribution is 2.38. The van der Waals surface area contributed by atoms with Crippen molar-refractivity contribution in [2.24, 2.45) is 0 Å². The summed E-state index contributed by atoms with van der Waals surface area (Å²) in [6.45, 7) is 3.23. The molecule has 0 radical (unpaired) electrons. The molecule has 0 unspecified atom stereocenters. The first-order valence-electron chi connectivity index (χ1n) is 9.37. The normalized spacial score (nSPS) is 10.7. The third kappa shape index (κ3) is 3.91. The van der Waals surface area contributed by atoms with E-state index in [2.05, 4.69) is 9.97 Å². The molecule has 0 aliphatic heterocycles. The van der Waals surface area contributed by atoms with Gasteiger partial charge < -0.3 is 14.0 Å². The summed E-state index contributed by atoms with van der Waals surface area (Å²) in [5.41, 5.74) is 2.80. The van der Waals surface area contributed by atoms with E-state index in [1.54, 1.807) is 24.4 Å². The van der Waals surface area contributed by atoms with E-state index in [1.165, 1.54) is 20.2 Å². The molecule has 0 saturated heterocycles. The van der Waals surface area contributed by atoms with Gasteiger partial charge in [-0.1, -0.05) is 42.5 Å². The molecule has 7 nitrogen and oxygen atoms in total. The third-order valence-electron chi connectivity index (χ3n) is 4.46. The third-order valence-corrected chi connectivity index (χ3v) is 4.46. The van der Waals surface area contributed by atoms with Crippen LogP contribution in [0.5, 0.6) is 11.5 Å². The molecule has 0 bridgehead atoms. The summed E-state index contributed by atoms with van der Waals surface area (Å²) < 4.78 is 12.7. The van der Waals surface area contributed by atoms with Crippen molar-refractivity contribution < 1.29 is 19.1 Å². The first-order valence-corrected chi connectivity index (χ1v) is 9.37. The molecule has 0 atom stereocenters. The lowest BCUT2D eigenvalue weighted by Gasteiger charge is -2.10. The zero-order chi connectivity index (χ0) is 21.1. The van der Waals surface area contributed by atoms with Crippen molar-refractivity contribution in [1.29, 1.82) is 0 Å². The van der Waals surface area contributed by atoms with E-state index in [4.69, 9.17) is 9.47 Å². The summed E-state index contributed by atoms with van der Waals surface area (Å²) in [6.07, 6.45) is 3.19. The van der Waals surface area contributed by atoms with E-state index in [0.29, 0.717) is 40.3 Å². The van der Waals surface area contributed by atoms with Crippen molar-refractivity contribution in [3.63, 3.8) is 0 Å². The Hall–Kier alpha value is -4.00. The molecule has 4 rings (SSSR count). The Balaban J connectivity index is 1.92. The number of rotatable bonds is 5. The van der Waals surface area contributed by atoms with E-state index in [-0.39, 0.29) is 0 Å². The van der Waals surface area contributed by atoms with Gasteiger partial charge in [-0.3, -0.25) is 9.59 Å². The van der Waals surface area contributed by atoms with Gasteiger partial charge in [0.2, 0.25) is 0 Å². The van der Waals surface area contributed by atoms with E-state index in [1.807, 2.05) is 41.0 Å². The van der Waals surface area contributed by atoms with Crippen LogP contribution in [0.25, 0.3) is 22.3 Å². The SMILES string of the molecule is CC(=O)Oc1ccccc1-c1ncnc2c1c(OC(C)=O)cn2Cc1ccccc1. The molecule has 0 N–H and O–H groups in total. The summed E-state index contributed by atoms with van der Waals surface area (Å²) in [4.78, 5) is 32.2. The van der Waals surface area contributed by atoms with Gasteiger partial charge in [-0.15, -0.1) is 0 Å². The summed E-state index contributed by atoms with van der Waals surface area (Å²) in [6, 6.07) is 17.0. The predicted octanol–water partition coefficient (Wildman–Crippen LogP) is 4.00. The highest BCUT2D eigenvalue weighted by Gasteiger charge is 2.21. The molecular weight excluding hydrogens is 382 g/mol. The summed E-state index contributed by atoms with van der Waals surface area (Å²) in [7, 11) is 0. The maximum atomic E-state index is 11.7. The van der Waals surface area contributed by atoms with Gasteiger partial charge in [-0.05, 0) is 17.7 Å². The Morgan fingerprint density at radius 1 is 0.867 bits per heavy atom. The lowest BCUT2D eigenvalue weighted by Crippen LogP contribution is -2.04. The van der Waals surface area contributed by atoms with Gasteiger partial charge in [0, 0.05) is 32.2 Å². The van der Waals surface area contributed by atoms with E-state index in [9.17, 15) is 9.59 Å². The molecule has 0 aliphatic rings. The number of carbonyl (C=O) groups is 2. The second-order valence-electron chi connectivity index (χ2n) is 6.71. The Morgan fingerprint density at radius 3 is 2.27 bits per heavy atom.